The molecule has 0 atom stereocenters. The number of aliphatic carboxylic acids is 1. The Morgan fingerprint density at radius 2 is 1.72 bits per heavy atom. The van der Waals surface area contributed by atoms with E-state index in [1.807, 2.05) is 0 Å². The van der Waals surface area contributed by atoms with Gasteiger partial charge < -0.3 is 15.2 Å². The Kier molecular flexibility index (Phi) is 6.11. The van der Waals surface area contributed by atoms with E-state index < -0.39 is 12.6 Å². The maximum Gasteiger partial charge on any atom is 0.341 e. The number of halogens is 1. The van der Waals surface area contributed by atoms with Crippen LogP contribution in [0.3, 0.4) is 0 Å². The summed E-state index contributed by atoms with van der Waals surface area (Å²) in [5, 5.41) is 11.5. The van der Waals surface area contributed by atoms with Crippen LogP contribution in [0.5, 0.6) is 5.75 Å². The van der Waals surface area contributed by atoms with Gasteiger partial charge in [0, 0.05) is 12.1 Å². The van der Waals surface area contributed by atoms with Crippen LogP contribution in [0.2, 0.25) is 0 Å². The van der Waals surface area contributed by atoms with Gasteiger partial charge in [-0.2, -0.15) is 0 Å². The molecule has 0 aliphatic heterocycles. The maximum absolute atomic E-state index is 12.9. The smallest absolute Gasteiger partial charge is 0.341 e. The first-order valence-electron chi connectivity index (χ1n) is 7.85. The molecule has 0 heterocycles. The summed E-state index contributed by atoms with van der Waals surface area (Å²) in [6, 6.07) is 9.48. The number of hydrogen-bond donors (Lipinski definition) is 2. The summed E-state index contributed by atoms with van der Waals surface area (Å²) in [5.74, 6) is -1.09. The van der Waals surface area contributed by atoms with E-state index in [0.717, 1.165) is 5.56 Å². The van der Waals surface area contributed by atoms with Crippen molar-refractivity contribution in [3.63, 3.8) is 0 Å². The fourth-order valence-corrected chi connectivity index (χ4v) is 2.52. The second-order valence-corrected chi connectivity index (χ2v) is 5.75. The molecule has 2 rings (SSSR count). The van der Waals surface area contributed by atoms with Crippen molar-refractivity contribution >= 4 is 11.9 Å². The molecule has 0 aliphatic carbocycles. The number of carbonyl (C=O) groups excluding carboxylic acids is 1. The van der Waals surface area contributed by atoms with Crippen LogP contribution in [0.1, 0.15) is 27.0 Å². The number of nitrogens with one attached hydrogen (secondary N) is 1. The van der Waals surface area contributed by atoms with Crippen molar-refractivity contribution in [1.29, 1.82) is 0 Å². The molecule has 2 N–H and O–H groups in total. The first-order chi connectivity index (χ1) is 11.9. The molecule has 132 valence electrons. The zero-order chi connectivity index (χ0) is 18.4. The third-order valence-corrected chi connectivity index (χ3v) is 3.67. The average Bonchev–Trinajstić information content (AvgIpc) is 2.55. The molecule has 0 spiro atoms. The van der Waals surface area contributed by atoms with Crippen LogP contribution in [0.15, 0.2) is 36.4 Å². The van der Waals surface area contributed by atoms with Crippen molar-refractivity contribution in [2.24, 2.45) is 0 Å². The number of rotatable bonds is 7. The van der Waals surface area contributed by atoms with Gasteiger partial charge in [-0.05, 0) is 61.2 Å². The number of benzene rings is 2. The topological polar surface area (TPSA) is 75.6 Å². The predicted molar refractivity (Wildman–Crippen MR) is 91.5 cm³/mol. The normalized spacial score (nSPS) is 10.4. The molecule has 0 bridgehead atoms. The molecule has 6 heteroatoms. The van der Waals surface area contributed by atoms with Crippen molar-refractivity contribution in [3.05, 3.63) is 64.5 Å². The molecule has 2 aromatic rings. The first kappa shape index (κ1) is 18.4. The van der Waals surface area contributed by atoms with E-state index in [4.69, 9.17) is 9.84 Å². The summed E-state index contributed by atoms with van der Waals surface area (Å²) in [6.45, 7) is 3.53. The lowest BCUT2D eigenvalue weighted by Gasteiger charge is -2.13. The Hall–Kier alpha value is -2.89. The molecule has 0 aliphatic rings. The number of carboxylic acid groups (broad SMARTS) is 1. The van der Waals surface area contributed by atoms with E-state index in [-0.39, 0.29) is 11.7 Å². The van der Waals surface area contributed by atoms with Gasteiger partial charge in [-0.25, -0.2) is 9.18 Å². The van der Waals surface area contributed by atoms with E-state index in [0.29, 0.717) is 35.4 Å². The number of carbonyl (C=O) groups is 2. The summed E-state index contributed by atoms with van der Waals surface area (Å²) in [7, 11) is 0. The van der Waals surface area contributed by atoms with Crippen LogP contribution in [0, 0.1) is 19.7 Å². The van der Waals surface area contributed by atoms with Crippen molar-refractivity contribution in [2.45, 2.75) is 20.3 Å². The predicted octanol–water partition coefficient (Wildman–Crippen LogP) is 2.88. The third kappa shape index (κ3) is 5.31. The summed E-state index contributed by atoms with van der Waals surface area (Å²) in [4.78, 5) is 22.9. The fraction of sp³-hybridized carbons (Fsp3) is 0.263. The van der Waals surface area contributed by atoms with Gasteiger partial charge in [0.2, 0.25) is 0 Å². The standard InChI is InChI=1S/C19H20FNO4/c1-12-9-15(10-13(2)18(12)25-11-17(22)23)19(24)21-8-7-14-3-5-16(20)6-4-14/h3-6,9-10H,7-8,11H2,1-2H3,(H,21,24)(H,22,23). The lowest BCUT2D eigenvalue weighted by atomic mass is 10.0. The van der Waals surface area contributed by atoms with E-state index in [9.17, 15) is 14.0 Å². The Morgan fingerprint density at radius 3 is 2.28 bits per heavy atom. The minimum absolute atomic E-state index is 0.224. The van der Waals surface area contributed by atoms with Gasteiger partial charge in [-0.3, -0.25) is 4.79 Å². The van der Waals surface area contributed by atoms with Gasteiger partial charge >= 0.3 is 5.97 Å². The molecule has 0 saturated heterocycles. The van der Waals surface area contributed by atoms with Gasteiger partial charge in [-0.1, -0.05) is 12.1 Å². The minimum atomic E-state index is -1.05. The van der Waals surface area contributed by atoms with Gasteiger partial charge in [0.25, 0.3) is 5.91 Å². The fourth-order valence-electron chi connectivity index (χ4n) is 2.52. The van der Waals surface area contributed by atoms with Crippen LogP contribution in [0.25, 0.3) is 0 Å². The number of hydrogen-bond acceptors (Lipinski definition) is 3. The zero-order valence-corrected chi connectivity index (χ0v) is 14.1. The van der Waals surface area contributed by atoms with Crippen LogP contribution in [-0.2, 0) is 11.2 Å². The molecule has 0 saturated carbocycles. The number of carboxylic acids is 1. The number of aryl methyl sites for hydroxylation is 2. The third-order valence-electron chi connectivity index (χ3n) is 3.67. The Morgan fingerprint density at radius 1 is 1.12 bits per heavy atom. The molecular formula is C19H20FNO4. The zero-order valence-electron chi connectivity index (χ0n) is 14.1. The van der Waals surface area contributed by atoms with Crippen LogP contribution >= 0.6 is 0 Å². The molecule has 0 fully saturated rings. The van der Waals surface area contributed by atoms with Gasteiger partial charge in [0.05, 0.1) is 0 Å². The maximum atomic E-state index is 12.9. The highest BCUT2D eigenvalue weighted by molar-refractivity contribution is 5.94. The molecule has 2 aromatic carbocycles. The van der Waals surface area contributed by atoms with E-state index in [1.165, 1.54) is 12.1 Å². The second-order valence-electron chi connectivity index (χ2n) is 5.75. The van der Waals surface area contributed by atoms with E-state index >= 15 is 0 Å². The Bertz CT molecular complexity index is 748. The Balaban J connectivity index is 1.97. The molecule has 0 aromatic heterocycles. The summed E-state index contributed by atoms with van der Waals surface area (Å²) < 4.78 is 18.1. The van der Waals surface area contributed by atoms with Crippen molar-refractivity contribution < 1.29 is 23.8 Å². The monoisotopic (exact) mass is 345 g/mol. The molecule has 0 radical (unpaired) electrons. The summed E-state index contributed by atoms with van der Waals surface area (Å²) >= 11 is 0. The van der Waals surface area contributed by atoms with E-state index in [1.54, 1.807) is 38.1 Å². The highest BCUT2D eigenvalue weighted by Gasteiger charge is 2.12. The van der Waals surface area contributed by atoms with Crippen molar-refractivity contribution in [2.75, 3.05) is 13.2 Å². The lowest BCUT2D eigenvalue weighted by Crippen LogP contribution is -2.26. The summed E-state index contributed by atoms with van der Waals surface area (Å²) in [5.41, 5.74) is 2.82. The number of amides is 1. The van der Waals surface area contributed by atoms with Crippen molar-refractivity contribution in [3.8, 4) is 5.75 Å². The van der Waals surface area contributed by atoms with Crippen LogP contribution < -0.4 is 10.1 Å². The van der Waals surface area contributed by atoms with E-state index in [2.05, 4.69) is 5.32 Å². The van der Waals surface area contributed by atoms with Crippen LogP contribution in [-0.4, -0.2) is 30.1 Å². The molecular weight excluding hydrogens is 325 g/mol. The summed E-state index contributed by atoms with van der Waals surface area (Å²) in [6.07, 6.45) is 0.601. The molecule has 1 amide bonds. The highest BCUT2D eigenvalue weighted by atomic mass is 19.1. The van der Waals surface area contributed by atoms with Gasteiger partial charge in [-0.15, -0.1) is 0 Å². The number of ether oxygens (including phenoxy) is 1. The first-order valence-corrected chi connectivity index (χ1v) is 7.85. The second kappa shape index (κ2) is 8.28. The quantitative estimate of drug-likeness (QED) is 0.809. The average molecular weight is 345 g/mol. The molecule has 5 nitrogen and oxygen atoms in total. The lowest BCUT2D eigenvalue weighted by molar-refractivity contribution is -0.139. The molecule has 0 unspecified atom stereocenters. The van der Waals surface area contributed by atoms with Gasteiger partial charge in [0.15, 0.2) is 6.61 Å². The molecule has 25 heavy (non-hydrogen) atoms. The largest absolute Gasteiger partial charge is 0.481 e. The highest BCUT2D eigenvalue weighted by Crippen LogP contribution is 2.24. The van der Waals surface area contributed by atoms with Crippen molar-refractivity contribution in [1.82, 2.24) is 5.32 Å². The SMILES string of the molecule is Cc1cc(C(=O)NCCc2ccc(F)cc2)cc(C)c1OCC(=O)O. The minimum Gasteiger partial charge on any atom is -0.481 e. The van der Waals surface area contributed by atoms with Crippen LogP contribution in [0.4, 0.5) is 4.39 Å². The van der Waals surface area contributed by atoms with Gasteiger partial charge in [0.1, 0.15) is 11.6 Å². The Labute approximate surface area is 145 Å².